The minimum atomic E-state index is -1.08. The van der Waals surface area contributed by atoms with E-state index < -0.39 is 24.2 Å². The Kier molecular flexibility index (Phi) is 6.45. The van der Waals surface area contributed by atoms with Crippen LogP contribution in [0.25, 0.3) is 0 Å². The van der Waals surface area contributed by atoms with Gasteiger partial charge in [0.1, 0.15) is 12.1 Å². The van der Waals surface area contributed by atoms with Crippen molar-refractivity contribution in [1.29, 1.82) is 0 Å². The molecule has 0 spiro atoms. The van der Waals surface area contributed by atoms with E-state index in [-0.39, 0.29) is 6.42 Å². The van der Waals surface area contributed by atoms with Crippen LogP contribution in [-0.2, 0) is 16.0 Å². The molecule has 1 aromatic heterocycles. The predicted octanol–water partition coefficient (Wildman–Crippen LogP) is 5.15. The number of nitrogens with zero attached hydrogens (tertiary/aromatic N) is 1. The van der Waals surface area contributed by atoms with Gasteiger partial charge in [-0.15, -0.1) is 0 Å². The smallest absolute Gasteiger partial charge is 0.415 e. The molecular weight excluding hydrogens is 374 g/mol. The second-order valence-electron chi connectivity index (χ2n) is 6.33. The molecule has 3 rings (SSSR count). The predicted molar refractivity (Wildman–Crippen MR) is 110 cm³/mol. The van der Waals surface area contributed by atoms with E-state index in [4.69, 9.17) is 4.74 Å². The Hall–Kier alpha value is -3.12. The minimum Gasteiger partial charge on any atom is -0.480 e. The first-order chi connectivity index (χ1) is 13.6. The topological polar surface area (TPSA) is 66.8 Å². The second kappa shape index (κ2) is 9.19. The van der Waals surface area contributed by atoms with Crippen LogP contribution in [0.5, 0.6) is 0 Å². The Balaban J connectivity index is 1.87. The monoisotopic (exact) mass is 395 g/mol. The first-order valence-corrected chi connectivity index (χ1v) is 9.84. The summed E-state index contributed by atoms with van der Waals surface area (Å²) in [7, 11) is 0. The lowest BCUT2D eigenvalue weighted by Gasteiger charge is -2.29. The van der Waals surface area contributed by atoms with E-state index in [1.165, 1.54) is 16.2 Å². The molecular formula is C22H21NO4S. The minimum absolute atomic E-state index is 0.181. The van der Waals surface area contributed by atoms with Crippen molar-refractivity contribution in [2.45, 2.75) is 25.5 Å². The highest BCUT2D eigenvalue weighted by atomic mass is 32.1. The maximum absolute atomic E-state index is 13.0. The Labute approximate surface area is 167 Å². The van der Waals surface area contributed by atoms with Crippen molar-refractivity contribution in [2.75, 3.05) is 4.90 Å². The molecule has 0 aliphatic carbocycles. The maximum Gasteiger partial charge on any atom is 0.415 e. The molecule has 0 aliphatic heterocycles. The number of anilines is 1. The van der Waals surface area contributed by atoms with Gasteiger partial charge in [-0.05, 0) is 29.5 Å². The second-order valence-corrected chi connectivity index (χ2v) is 7.11. The van der Waals surface area contributed by atoms with Gasteiger partial charge >= 0.3 is 12.1 Å². The Morgan fingerprint density at radius 3 is 2.25 bits per heavy atom. The molecule has 5 nitrogen and oxygen atoms in total. The number of hydrogen-bond acceptors (Lipinski definition) is 4. The van der Waals surface area contributed by atoms with Gasteiger partial charge in [0.25, 0.3) is 0 Å². The molecule has 2 unspecified atom stereocenters. The Morgan fingerprint density at radius 1 is 1.04 bits per heavy atom. The van der Waals surface area contributed by atoms with Gasteiger partial charge in [-0.3, -0.25) is 4.90 Å². The number of ether oxygens (including phenoxy) is 1. The molecule has 1 N–H and O–H groups in total. The molecule has 0 radical (unpaired) electrons. The normalized spacial score (nSPS) is 12.8. The van der Waals surface area contributed by atoms with E-state index in [9.17, 15) is 14.7 Å². The lowest BCUT2D eigenvalue weighted by Crippen LogP contribution is -2.47. The van der Waals surface area contributed by atoms with E-state index in [1.54, 1.807) is 23.8 Å². The van der Waals surface area contributed by atoms with Crippen molar-refractivity contribution >= 4 is 29.1 Å². The summed E-state index contributed by atoms with van der Waals surface area (Å²) in [6.07, 6.45) is -1.00. The van der Waals surface area contributed by atoms with E-state index in [0.29, 0.717) is 5.69 Å². The van der Waals surface area contributed by atoms with Crippen LogP contribution in [-0.4, -0.2) is 23.2 Å². The number of carboxylic acids is 1. The van der Waals surface area contributed by atoms with E-state index in [1.807, 2.05) is 60.7 Å². The molecule has 0 saturated heterocycles. The quantitative estimate of drug-likeness (QED) is 0.601. The standard InChI is InChI=1S/C22H21NO4S/c1-16(18-10-6-3-7-11-18)27-22(26)23(19-12-13-28-15-19)20(21(24)25)14-17-8-4-2-5-9-17/h2-13,15-16,20H,14H2,1H3,(H,24,25). The maximum atomic E-state index is 13.0. The van der Waals surface area contributed by atoms with Crippen molar-refractivity contribution in [3.05, 3.63) is 88.6 Å². The van der Waals surface area contributed by atoms with Crippen molar-refractivity contribution in [1.82, 2.24) is 0 Å². The average Bonchev–Trinajstić information content (AvgIpc) is 3.23. The molecule has 0 aliphatic rings. The number of amides is 1. The zero-order chi connectivity index (χ0) is 19.9. The lowest BCUT2D eigenvalue weighted by molar-refractivity contribution is -0.138. The summed E-state index contributed by atoms with van der Waals surface area (Å²) in [6, 6.07) is 19.3. The average molecular weight is 395 g/mol. The van der Waals surface area contributed by atoms with Gasteiger partial charge in [0.05, 0.1) is 5.69 Å². The van der Waals surface area contributed by atoms with Gasteiger partial charge in [0.2, 0.25) is 0 Å². The molecule has 0 saturated carbocycles. The molecule has 2 aromatic carbocycles. The van der Waals surface area contributed by atoms with Gasteiger partial charge in [0.15, 0.2) is 0 Å². The van der Waals surface area contributed by atoms with Gasteiger partial charge in [-0.1, -0.05) is 60.7 Å². The molecule has 0 bridgehead atoms. The third kappa shape index (κ3) is 4.78. The van der Waals surface area contributed by atoms with Crippen LogP contribution < -0.4 is 4.90 Å². The third-order valence-electron chi connectivity index (χ3n) is 4.40. The third-order valence-corrected chi connectivity index (χ3v) is 5.07. The van der Waals surface area contributed by atoms with Gasteiger partial charge < -0.3 is 9.84 Å². The highest BCUT2D eigenvalue weighted by Crippen LogP contribution is 2.26. The Bertz CT molecular complexity index is 897. The lowest BCUT2D eigenvalue weighted by atomic mass is 10.0. The van der Waals surface area contributed by atoms with Gasteiger partial charge in [-0.25, -0.2) is 9.59 Å². The van der Waals surface area contributed by atoms with Crippen LogP contribution in [0.15, 0.2) is 77.5 Å². The summed E-state index contributed by atoms with van der Waals surface area (Å²) in [6.45, 7) is 1.77. The number of aliphatic carboxylic acids is 1. The molecule has 6 heteroatoms. The van der Waals surface area contributed by atoms with Crippen molar-refractivity contribution in [2.24, 2.45) is 0 Å². The molecule has 3 aromatic rings. The van der Waals surface area contributed by atoms with E-state index >= 15 is 0 Å². The number of carbonyl (C=O) groups is 2. The summed E-state index contributed by atoms with van der Waals surface area (Å²) >= 11 is 1.39. The summed E-state index contributed by atoms with van der Waals surface area (Å²) in [5, 5.41) is 13.4. The van der Waals surface area contributed by atoms with Crippen LogP contribution in [0.2, 0.25) is 0 Å². The zero-order valence-electron chi connectivity index (χ0n) is 15.4. The Morgan fingerprint density at radius 2 is 1.68 bits per heavy atom. The van der Waals surface area contributed by atoms with E-state index in [2.05, 4.69) is 0 Å². The largest absolute Gasteiger partial charge is 0.480 e. The van der Waals surface area contributed by atoms with Crippen LogP contribution in [0.4, 0.5) is 10.5 Å². The SMILES string of the molecule is CC(OC(=O)N(c1ccsc1)C(Cc1ccccc1)C(=O)O)c1ccccc1. The molecule has 2 atom stereocenters. The molecule has 1 heterocycles. The van der Waals surface area contributed by atoms with Gasteiger partial charge in [0, 0.05) is 11.8 Å². The number of carboxylic acid groups (broad SMARTS) is 1. The molecule has 28 heavy (non-hydrogen) atoms. The fourth-order valence-electron chi connectivity index (χ4n) is 2.93. The van der Waals surface area contributed by atoms with Crippen molar-refractivity contribution < 1.29 is 19.4 Å². The first kappa shape index (κ1) is 19.6. The number of carbonyl (C=O) groups excluding carboxylic acids is 1. The number of hydrogen-bond donors (Lipinski definition) is 1. The van der Waals surface area contributed by atoms with Crippen molar-refractivity contribution in [3.8, 4) is 0 Å². The van der Waals surface area contributed by atoms with Crippen LogP contribution >= 0.6 is 11.3 Å². The fraction of sp³-hybridized carbons (Fsp3) is 0.182. The molecule has 144 valence electrons. The summed E-state index contributed by atoms with van der Waals surface area (Å²) in [4.78, 5) is 26.3. The van der Waals surface area contributed by atoms with Crippen LogP contribution in [0.3, 0.4) is 0 Å². The summed E-state index contributed by atoms with van der Waals surface area (Å²) in [5.74, 6) is -1.08. The molecule has 0 fully saturated rings. The molecule has 1 amide bonds. The fourth-order valence-corrected chi connectivity index (χ4v) is 3.56. The highest BCUT2D eigenvalue weighted by Gasteiger charge is 2.33. The van der Waals surface area contributed by atoms with E-state index in [0.717, 1.165) is 11.1 Å². The number of thiophene rings is 1. The summed E-state index contributed by atoms with van der Waals surface area (Å²) in [5.41, 5.74) is 2.19. The summed E-state index contributed by atoms with van der Waals surface area (Å²) < 4.78 is 5.62. The van der Waals surface area contributed by atoms with Gasteiger partial charge in [-0.2, -0.15) is 11.3 Å². The van der Waals surface area contributed by atoms with Crippen LogP contribution in [0, 0.1) is 0 Å². The zero-order valence-corrected chi connectivity index (χ0v) is 16.2. The number of rotatable bonds is 7. The number of benzene rings is 2. The van der Waals surface area contributed by atoms with Crippen molar-refractivity contribution in [3.63, 3.8) is 0 Å². The first-order valence-electron chi connectivity index (χ1n) is 8.90. The highest BCUT2D eigenvalue weighted by molar-refractivity contribution is 7.08. The van der Waals surface area contributed by atoms with Crippen LogP contribution in [0.1, 0.15) is 24.2 Å².